The summed E-state index contributed by atoms with van der Waals surface area (Å²) in [5.41, 5.74) is -0.176. The van der Waals surface area contributed by atoms with Gasteiger partial charge in [-0.1, -0.05) is 0 Å². The molecule has 2 rings (SSSR count). The van der Waals surface area contributed by atoms with Crippen LogP contribution in [0.4, 0.5) is 13.2 Å². The van der Waals surface area contributed by atoms with Crippen LogP contribution >= 0.6 is 0 Å². The highest BCUT2D eigenvalue weighted by molar-refractivity contribution is 5.96. The van der Waals surface area contributed by atoms with Crippen LogP contribution in [0.15, 0.2) is 17.7 Å². The van der Waals surface area contributed by atoms with Crippen molar-refractivity contribution in [2.45, 2.75) is 25.9 Å². The van der Waals surface area contributed by atoms with Crippen molar-refractivity contribution in [1.82, 2.24) is 4.98 Å². The molecule has 0 bridgehead atoms. The zero-order valence-electron chi connectivity index (χ0n) is 10.6. The van der Waals surface area contributed by atoms with Gasteiger partial charge in [0.1, 0.15) is 5.69 Å². The van der Waals surface area contributed by atoms with Gasteiger partial charge >= 0.3 is 12.1 Å². The van der Waals surface area contributed by atoms with Crippen molar-refractivity contribution in [2.24, 2.45) is 0 Å². The Morgan fingerprint density at radius 1 is 1.40 bits per heavy atom. The molecule has 1 aliphatic rings. The summed E-state index contributed by atoms with van der Waals surface area (Å²) in [6, 6.07) is 2.06. The van der Waals surface area contributed by atoms with E-state index in [2.05, 4.69) is 4.98 Å². The zero-order valence-corrected chi connectivity index (χ0v) is 10.6. The Bertz CT molecular complexity index is 579. The van der Waals surface area contributed by atoms with Gasteiger partial charge in [-0.15, -0.1) is 0 Å². The number of carboxylic acids is 1. The van der Waals surface area contributed by atoms with Crippen molar-refractivity contribution in [1.29, 1.82) is 0 Å². The summed E-state index contributed by atoms with van der Waals surface area (Å²) in [5.74, 6) is -1.26. The molecule has 1 aromatic rings. The van der Waals surface area contributed by atoms with Gasteiger partial charge in [0.15, 0.2) is 0 Å². The third kappa shape index (κ3) is 2.76. The number of hydrogen-bond donors (Lipinski definition) is 1. The molecule has 0 atom stereocenters. The highest BCUT2D eigenvalue weighted by atomic mass is 19.4. The molecule has 20 heavy (non-hydrogen) atoms. The van der Waals surface area contributed by atoms with Gasteiger partial charge in [0.05, 0.1) is 6.61 Å². The SMILES string of the molecule is C/C(C(=O)O)=C1/CCCOc2nc(C(F)(F)F)ccc21. The number of carbonyl (C=O) groups is 1. The van der Waals surface area contributed by atoms with Crippen LogP contribution in [-0.2, 0) is 11.0 Å². The van der Waals surface area contributed by atoms with Crippen molar-refractivity contribution in [3.05, 3.63) is 29.0 Å². The first-order chi connectivity index (χ1) is 9.30. The standard InChI is InChI=1S/C13H12F3NO3/c1-7(12(18)19)8-3-2-6-20-11-9(8)4-5-10(17-11)13(14,15)16/h4-5H,2-3,6H2,1H3,(H,18,19)/b8-7+. The number of alkyl halides is 3. The molecule has 0 fully saturated rings. The molecule has 7 heteroatoms. The summed E-state index contributed by atoms with van der Waals surface area (Å²) >= 11 is 0. The van der Waals surface area contributed by atoms with Crippen LogP contribution in [0.3, 0.4) is 0 Å². The number of allylic oxidation sites excluding steroid dienone is 1. The fourth-order valence-corrected chi connectivity index (χ4v) is 2.01. The molecule has 0 spiro atoms. The minimum atomic E-state index is -4.56. The third-order valence-electron chi connectivity index (χ3n) is 3.06. The molecule has 0 aliphatic carbocycles. The fourth-order valence-electron chi connectivity index (χ4n) is 2.01. The van der Waals surface area contributed by atoms with Crippen molar-refractivity contribution >= 4 is 11.5 Å². The maximum absolute atomic E-state index is 12.6. The Morgan fingerprint density at radius 3 is 2.70 bits per heavy atom. The number of rotatable bonds is 1. The average Bonchev–Trinajstić information content (AvgIpc) is 2.58. The summed E-state index contributed by atoms with van der Waals surface area (Å²) in [6.45, 7) is 1.63. The first-order valence-electron chi connectivity index (χ1n) is 5.95. The molecule has 1 aliphatic heterocycles. The molecule has 0 saturated carbocycles. The third-order valence-corrected chi connectivity index (χ3v) is 3.06. The summed E-state index contributed by atoms with van der Waals surface area (Å²) in [7, 11) is 0. The van der Waals surface area contributed by atoms with Crippen molar-refractivity contribution < 1.29 is 27.8 Å². The van der Waals surface area contributed by atoms with Crippen LogP contribution in [0.2, 0.25) is 0 Å². The second-order valence-electron chi connectivity index (χ2n) is 4.41. The van der Waals surface area contributed by atoms with Crippen LogP contribution in [0.1, 0.15) is 31.0 Å². The van der Waals surface area contributed by atoms with Crippen LogP contribution in [0.5, 0.6) is 5.88 Å². The molecule has 2 heterocycles. The maximum Gasteiger partial charge on any atom is 0.433 e. The number of ether oxygens (including phenoxy) is 1. The van der Waals surface area contributed by atoms with E-state index in [1.807, 2.05) is 0 Å². The normalized spacial score (nSPS) is 17.8. The van der Waals surface area contributed by atoms with Gasteiger partial charge < -0.3 is 9.84 Å². The van der Waals surface area contributed by atoms with Crippen molar-refractivity contribution in [3.63, 3.8) is 0 Å². The smallest absolute Gasteiger partial charge is 0.433 e. The molecule has 0 saturated heterocycles. The van der Waals surface area contributed by atoms with Gasteiger partial charge in [-0.3, -0.25) is 0 Å². The topological polar surface area (TPSA) is 59.4 Å². The Kier molecular flexibility index (Phi) is 3.69. The largest absolute Gasteiger partial charge is 0.478 e. The molecular formula is C13H12F3NO3. The lowest BCUT2D eigenvalue weighted by atomic mass is 9.97. The van der Waals surface area contributed by atoms with E-state index >= 15 is 0 Å². The van der Waals surface area contributed by atoms with E-state index in [1.165, 1.54) is 13.0 Å². The Hall–Kier alpha value is -2.05. The highest BCUT2D eigenvalue weighted by Gasteiger charge is 2.34. The van der Waals surface area contributed by atoms with Gasteiger partial charge in [-0.2, -0.15) is 13.2 Å². The predicted molar refractivity (Wildman–Crippen MR) is 64.2 cm³/mol. The molecule has 0 unspecified atom stereocenters. The Labute approximate surface area is 112 Å². The lowest BCUT2D eigenvalue weighted by Crippen LogP contribution is -2.10. The number of halogens is 3. The van der Waals surface area contributed by atoms with E-state index in [9.17, 15) is 18.0 Å². The van der Waals surface area contributed by atoms with E-state index in [-0.39, 0.29) is 18.1 Å². The number of pyridine rings is 1. The number of fused-ring (bicyclic) bond motifs is 1. The summed E-state index contributed by atoms with van der Waals surface area (Å²) in [4.78, 5) is 14.5. The monoisotopic (exact) mass is 287 g/mol. The van der Waals surface area contributed by atoms with E-state index in [4.69, 9.17) is 9.84 Å². The van der Waals surface area contributed by atoms with Crippen LogP contribution < -0.4 is 4.74 Å². The van der Waals surface area contributed by atoms with Crippen LogP contribution in [-0.4, -0.2) is 22.7 Å². The summed E-state index contributed by atoms with van der Waals surface area (Å²) in [5, 5.41) is 9.04. The lowest BCUT2D eigenvalue weighted by molar-refractivity contribution is -0.141. The lowest BCUT2D eigenvalue weighted by Gasteiger charge is -2.12. The Morgan fingerprint density at radius 2 is 2.10 bits per heavy atom. The van der Waals surface area contributed by atoms with E-state index in [0.717, 1.165) is 6.07 Å². The van der Waals surface area contributed by atoms with Crippen LogP contribution in [0, 0.1) is 0 Å². The van der Waals surface area contributed by atoms with Gasteiger partial charge in [-0.05, 0) is 37.5 Å². The Balaban J connectivity index is 2.57. The number of carboxylic acid groups (broad SMARTS) is 1. The molecule has 4 nitrogen and oxygen atoms in total. The second-order valence-corrected chi connectivity index (χ2v) is 4.41. The molecule has 0 radical (unpaired) electrons. The predicted octanol–water partition coefficient (Wildman–Crippen LogP) is 3.13. The van der Waals surface area contributed by atoms with Crippen molar-refractivity contribution in [2.75, 3.05) is 6.61 Å². The molecule has 1 N–H and O–H groups in total. The summed E-state index contributed by atoms with van der Waals surface area (Å²) < 4.78 is 43.1. The number of aliphatic carboxylic acids is 1. The van der Waals surface area contributed by atoms with Crippen LogP contribution in [0.25, 0.3) is 5.57 Å². The minimum Gasteiger partial charge on any atom is -0.478 e. The molecule has 1 aromatic heterocycles. The number of hydrogen-bond acceptors (Lipinski definition) is 3. The highest BCUT2D eigenvalue weighted by Crippen LogP contribution is 2.36. The van der Waals surface area contributed by atoms with Gasteiger partial charge in [0.25, 0.3) is 0 Å². The quantitative estimate of drug-likeness (QED) is 0.806. The van der Waals surface area contributed by atoms with Gasteiger partial charge in [-0.25, -0.2) is 9.78 Å². The fraction of sp³-hybridized carbons (Fsp3) is 0.385. The molecular weight excluding hydrogens is 275 g/mol. The zero-order chi connectivity index (χ0) is 14.9. The van der Waals surface area contributed by atoms with Crippen molar-refractivity contribution in [3.8, 4) is 5.88 Å². The second kappa shape index (κ2) is 5.15. The minimum absolute atomic E-state index is 0.0957. The number of aromatic nitrogens is 1. The first-order valence-corrected chi connectivity index (χ1v) is 5.95. The van der Waals surface area contributed by atoms with Gasteiger partial charge in [0.2, 0.25) is 5.88 Å². The average molecular weight is 287 g/mol. The number of nitrogens with zero attached hydrogens (tertiary/aromatic N) is 1. The van der Waals surface area contributed by atoms with E-state index in [0.29, 0.717) is 24.0 Å². The molecule has 0 amide bonds. The molecule has 0 aromatic carbocycles. The summed E-state index contributed by atoms with van der Waals surface area (Å²) in [6.07, 6.45) is -3.60. The first kappa shape index (κ1) is 14.4. The van der Waals surface area contributed by atoms with Gasteiger partial charge in [0, 0.05) is 11.1 Å². The van der Waals surface area contributed by atoms with E-state index in [1.54, 1.807) is 0 Å². The maximum atomic E-state index is 12.6. The van der Waals surface area contributed by atoms with E-state index < -0.39 is 17.8 Å². The molecule has 108 valence electrons.